The number of ether oxygens (including phenoxy) is 1. The second-order valence-corrected chi connectivity index (χ2v) is 11.9. The number of amides is 2. The SMILES string of the molecule is CC(C)N(CC1CCC(CNS(=O)(=O)c2ccccc2)CC1)C(=O)Nc1ccc(Oc2ccccc2)cc1. The Labute approximate surface area is 226 Å². The number of rotatable bonds is 10. The van der Waals surface area contributed by atoms with E-state index < -0.39 is 10.0 Å². The smallest absolute Gasteiger partial charge is 0.322 e. The summed E-state index contributed by atoms with van der Waals surface area (Å²) in [6.07, 6.45) is 3.83. The zero-order valence-corrected chi connectivity index (χ0v) is 22.9. The summed E-state index contributed by atoms with van der Waals surface area (Å²) in [5.74, 6) is 2.17. The van der Waals surface area contributed by atoms with E-state index in [4.69, 9.17) is 4.74 Å². The number of urea groups is 1. The molecule has 0 aromatic heterocycles. The lowest BCUT2D eigenvalue weighted by Gasteiger charge is -2.34. The van der Waals surface area contributed by atoms with Crippen molar-refractivity contribution in [2.45, 2.75) is 50.5 Å². The van der Waals surface area contributed by atoms with E-state index >= 15 is 0 Å². The Morgan fingerprint density at radius 2 is 1.39 bits per heavy atom. The first-order chi connectivity index (χ1) is 18.3. The van der Waals surface area contributed by atoms with Gasteiger partial charge in [0.1, 0.15) is 11.5 Å². The quantitative estimate of drug-likeness (QED) is 0.310. The van der Waals surface area contributed by atoms with Crippen LogP contribution in [0.25, 0.3) is 0 Å². The molecule has 8 heteroatoms. The van der Waals surface area contributed by atoms with Gasteiger partial charge in [0.2, 0.25) is 10.0 Å². The van der Waals surface area contributed by atoms with Gasteiger partial charge < -0.3 is 15.0 Å². The molecule has 0 unspecified atom stereocenters. The van der Waals surface area contributed by atoms with E-state index in [1.165, 1.54) is 0 Å². The van der Waals surface area contributed by atoms with Crippen LogP contribution in [0.4, 0.5) is 10.5 Å². The normalized spacial score (nSPS) is 17.7. The molecule has 0 heterocycles. The van der Waals surface area contributed by atoms with Crippen LogP contribution in [0.2, 0.25) is 0 Å². The van der Waals surface area contributed by atoms with E-state index in [1.807, 2.05) is 73.3 Å². The molecule has 1 saturated carbocycles. The molecular formula is C30H37N3O4S. The molecule has 4 rings (SSSR count). The number of para-hydroxylation sites is 1. The van der Waals surface area contributed by atoms with E-state index in [1.54, 1.807) is 30.3 Å². The van der Waals surface area contributed by atoms with E-state index in [2.05, 4.69) is 10.0 Å². The first-order valence-electron chi connectivity index (χ1n) is 13.3. The van der Waals surface area contributed by atoms with Gasteiger partial charge in [-0.05, 0) is 99.9 Å². The zero-order chi connectivity index (χ0) is 27.0. The van der Waals surface area contributed by atoms with Crippen LogP contribution < -0.4 is 14.8 Å². The van der Waals surface area contributed by atoms with Crippen molar-refractivity contribution in [3.8, 4) is 11.5 Å². The van der Waals surface area contributed by atoms with Crippen LogP contribution in [0.5, 0.6) is 11.5 Å². The molecular weight excluding hydrogens is 498 g/mol. The average Bonchev–Trinajstić information content (AvgIpc) is 2.93. The second kappa shape index (κ2) is 12.9. The van der Waals surface area contributed by atoms with E-state index in [0.29, 0.717) is 35.6 Å². The number of nitrogens with zero attached hydrogens (tertiary/aromatic N) is 1. The van der Waals surface area contributed by atoms with Crippen molar-refractivity contribution in [3.05, 3.63) is 84.9 Å². The molecule has 0 spiro atoms. The highest BCUT2D eigenvalue weighted by Crippen LogP contribution is 2.30. The Balaban J connectivity index is 1.24. The van der Waals surface area contributed by atoms with E-state index in [9.17, 15) is 13.2 Å². The monoisotopic (exact) mass is 535 g/mol. The zero-order valence-electron chi connectivity index (χ0n) is 22.0. The third kappa shape index (κ3) is 7.82. The molecule has 1 fully saturated rings. The highest BCUT2D eigenvalue weighted by atomic mass is 32.2. The van der Waals surface area contributed by atoms with E-state index in [-0.39, 0.29) is 12.1 Å². The molecule has 3 aromatic rings. The fourth-order valence-electron chi connectivity index (χ4n) is 4.76. The van der Waals surface area contributed by atoms with Gasteiger partial charge in [-0.2, -0.15) is 0 Å². The van der Waals surface area contributed by atoms with Crippen LogP contribution in [-0.4, -0.2) is 38.5 Å². The lowest BCUT2D eigenvalue weighted by Crippen LogP contribution is -2.43. The minimum absolute atomic E-state index is 0.0612. The van der Waals surface area contributed by atoms with Crippen molar-refractivity contribution in [1.29, 1.82) is 0 Å². The number of hydrogen-bond donors (Lipinski definition) is 2. The van der Waals surface area contributed by atoms with Crippen molar-refractivity contribution in [2.75, 3.05) is 18.4 Å². The highest BCUT2D eigenvalue weighted by Gasteiger charge is 2.27. The third-order valence-electron chi connectivity index (χ3n) is 7.01. The number of nitrogens with one attached hydrogen (secondary N) is 2. The van der Waals surface area contributed by atoms with Gasteiger partial charge in [0.25, 0.3) is 0 Å². The maximum atomic E-state index is 13.1. The van der Waals surface area contributed by atoms with Gasteiger partial charge >= 0.3 is 6.03 Å². The predicted molar refractivity (Wildman–Crippen MR) is 151 cm³/mol. The molecule has 202 valence electrons. The Bertz CT molecular complexity index is 1260. The van der Waals surface area contributed by atoms with Crippen LogP contribution in [0, 0.1) is 11.8 Å². The van der Waals surface area contributed by atoms with Crippen molar-refractivity contribution in [1.82, 2.24) is 9.62 Å². The molecule has 1 aliphatic rings. The maximum Gasteiger partial charge on any atom is 0.322 e. The van der Waals surface area contributed by atoms with Crippen molar-refractivity contribution in [2.24, 2.45) is 11.8 Å². The highest BCUT2D eigenvalue weighted by molar-refractivity contribution is 7.89. The van der Waals surface area contributed by atoms with Gasteiger partial charge in [-0.3, -0.25) is 0 Å². The molecule has 0 bridgehead atoms. The molecule has 0 saturated heterocycles. The second-order valence-electron chi connectivity index (χ2n) is 10.2. The standard InChI is InChI=1S/C30H37N3O4S/c1-23(2)33(30(34)32-26-17-19-28(20-18-26)37-27-9-5-3-6-10-27)22-25-15-13-24(14-16-25)21-31-38(35,36)29-11-7-4-8-12-29/h3-12,17-20,23-25,31H,13-16,21-22H2,1-2H3,(H,32,34). The van der Waals surface area contributed by atoms with Gasteiger partial charge in [0.15, 0.2) is 0 Å². The number of benzene rings is 3. The van der Waals surface area contributed by atoms with Gasteiger partial charge in [0, 0.05) is 24.8 Å². The van der Waals surface area contributed by atoms with E-state index in [0.717, 1.165) is 37.1 Å². The van der Waals surface area contributed by atoms with Gasteiger partial charge in [0.05, 0.1) is 4.90 Å². The first kappa shape index (κ1) is 27.7. The number of hydrogen-bond acceptors (Lipinski definition) is 4. The molecule has 1 aliphatic carbocycles. The maximum absolute atomic E-state index is 13.1. The number of carbonyl (C=O) groups is 1. The largest absolute Gasteiger partial charge is 0.457 e. The lowest BCUT2D eigenvalue weighted by atomic mass is 9.82. The molecule has 0 aliphatic heterocycles. The van der Waals surface area contributed by atoms with Crippen LogP contribution in [0.3, 0.4) is 0 Å². The minimum atomic E-state index is -3.48. The van der Waals surface area contributed by atoms with Gasteiger partial charge in [-0.15, -0.1) is 0 Å². The predicted octanol–water partition coefficient (Wildman–Crippen LogP) is 6.51. The van der Waals surface area contributed by atoms with Crippen molar-refractivity contribution < 1.29 is 17.9 Å². The first-order valence-corrected chi connectivity index (χ1v) is 14.7. The summed E-state index contributed by atoms with van der Waals surface area (Å²) >= 11 is 0. The number of anilines is 1. The molecule has 7 nitrogen and oxygen atoms in total. The average molecular weight is 536 g/mol. The topological polar surface area (TPSA) is 87.7 Å². The molecule has 2 N–H and O–H groups in total. The van der Waals surface area contributed by atoms with Crippen molar-refractivity contribution >= 4 is 21.7 Å². The molecule has 38 heavy (non-hydrogen) atoms. The lowest BCUT2D eigenvalue weighted by molar-refractivity contribution is 0.163. The van der Waals surface area contributed by atoms with Crippen LogP contribution >= 0.6 is 0 Å². The molecule has 3 aromatic carbocycles. The summed E-state index contributed by atoms with van der Waals surface area (Å²) in [7, 11) is -3.48. The number of carbonyl (C=O) groups excluding carboxylic acids is 1. The Morgan fingerprint density at radius 1 is 0.842 bits per heavy atom. The Hall–Kier alpha value is -3.36. The van der Waals surface area contributed by atoms with Gasteiger partial charge in [-0.25, -0.2) is 17.9 Å². The minimum Gasteiger partial charge on any atom is -0.457 e. The molecule has 0 atom stereocenters. The molecule has 0 radical (unpaired) electrons. The summed E-state index contributed by atoms with van der Waals surface area (Å²) in [5.41, 5.74) is 0.718. The number of sulfonamides is 1. The van der Waals surface area contributed by atoms with Crippen LogP contribution in [0.1, 0.15) is 39.5 Å². The van der Waals surface area contributed by atoms with Gasteiger partial charge in [-0.1, -0.05) is 36.4 Å². The Morgan fingerprint density at radius 3 is 2.00 bits per heavy atom. The summed E-state index contributed by atoms with van der Waals surface area (Å²) < 4.78 is 33.6. The summed E-state index contributed by atoms with van der Waals surface area (Å²) in [6.45, 7) is 5.18. The van der Waals surface area contributed by atoms with Crippen LogP contribution in [-0.2, 0) is 10.0 Å². The fourth-order valence-corrected chi connectivity index (χ4v) is 5.90. The Kier molecular flexibility index (Phi) is 9.42. The van der Waals surface area contributed by atoms with Crippen LogP contribution in [0.15, 0.2) is 89.8 Å². The summed E-state index contributed by atoms with van der Waals surface area (Å²) in [4.78, 5) is 15.3. The molecule has 2 amide bonds. The fraction of sp³-hybridized carbons (Fsp3) is 0.367. The van der Waals surface area contributed by atoms with Crippen molar-refractivity contribution in [3.63, 3.8) is 0 Å². The summed E-state index contributed by atoms with van der Waals surface area (Å²) in [6, 6.07) is 25.4. The summed E-state index contributed by atoms with van der Waals surface area (Å²) in [5, 5.41) is 3.02. The third-order valence-corrected chi connectivity index (χ3v) is 8.44.